The number of benzene rings is 1. The molecule has 2 fully saturated rings. The third-order valence-electron chi connectivity index (χ3n) is 5.77. The molecule has 0 spiro atoms. The zero-order valence-corrected chi connectivity index (χ0v) is 15.4. The number of piperidine rings is 1. The summed E-state index contributed by atoms with van der Waals surface area (Å²) in [4.78, 5) is 15.9. The van der Waals surface area contributed by atoms with Crippen molar-refractivity contribution in [1.82, 2.24) is 9.80 Å². The number of aryl methyl sites for hydroxylation is 1. The van der Waals surface area contributed by atoms with E-state index < -0.39 is 5.60 Å². The first kappa shape index (κ1) is 18.4. The number of nitrogens with zero attached hydrogens (tertiary/aromatic N) is 2. The van der Waals surface area contributed by atoms with Crippen LogP contribution < -0.4 is 0 Å². The van der Waals surface area contributed by atoms with Gasteiger partial charge in [-0.25, -0.2) is 0 Å². The lowest BCUT2D eigenvalue weighted by atomic mass is 9.89. The van der Waals surface area contributed by atoms with Crippen molar-refractivity contribution >= 4 is 5.91 Å². The van der Waals surface area contributed by atoms with Crippen LogP contribution in [0.2, 0.25) is 0 Å². The van der Waals surface area contributed by atoms with Crippen molar-refractivity contribution in [3.8, 4) is 0 Å². The van der Waals surface area contributed by atoms with E-state index in [1.807, 2.05) is 17.0 Å². The van der Waals surface area contributed by atoms with Crippen molar-refractivity contribution in [2.45, 2.75) is 44.8 Å². The molecule has 5 nitrogen and oxygen atoms in total. The Morgan fingerprint density at radius 2 is 2.00 bits per heavy atom. The zero-order chi connectivity index (χ0) is 17.9. The average Bonchev–Trinajstić information content (AvgIpc) is 2.64. The van der Waals surface area contributed by atoms with Crippen molar-refractivity contribution < 1.29 is 14.6 Å². The maximum absolute atomic E-state index is 11.5. The molecule has 1 aromatic rings. The van der Waals surface area contributed by atoms with Gasteiger partial charge in [0, 0.05) is 45.6 Å². The first-order chi connectivity index (χ1) is 12.0. The summed E-state index contributed by atoms with van der Waals surface area (Å²) in [5.41, 5.74) is 1.96. The molecule has 5 heteroatoms. The normalized spacial score (nSPS) is 26.0. The molecule has 1 atom stereocenters. The van der Waals surface area contributed by atoms with Crippen LogP contribution in [0.1, 0.15) is 30.9 Å². The Morgan fingerprint density at radius 3 is 2.64 bits per heavy atom. The summed E-state index contributed by atoms with van der Waals surface area (Å²) in [6, 6.07) is 8.80. The summed E-state index contributed by atoms with van der Waals surface area (Å²) >= 11 is 0. The smallest absolute Gasteiger partial charge is 0.219 e. The number of carbonyl (C=O) groups excluding carboxylic acids is 1. The topological polar surface area (TPSA) is 53.0 Å². The van der Waals surface area contributed by atoms with E-state index in [-0.39, 0.29) is 12.5 Å². The van der Waals surface area contributed by atoms with Gasteiger partial charge >= 0.3 is 0 Å². The molecule has 1 amide bonds. The predicted octanol–water partition coefficient (Wildman–Crippen LogP) is 1.61. The molecule has 1 aromatic carbocycles. The van der Waals surface area contributed by atoms with Crippen LogP contribution >= 0.6 is 0 Å². The number of amides is 1. The fraction of sp³-hybridized carbons (Fsp3) is 0.650. The second-order valence-corrected chi connectivity index (χ2v) is 7.50. The first-order valence-electron chi connectivity index (χ1n) is 9.32. The Hall–Kier alpha value is -1.43. The molecule has 1 N–H and O–H groups in total. The number of morpholine rings is 1. The van der Waals surface area contributed by atoms with Crippen LogP contribution in [0.3, 0.4) is 0 Å². The van der Waals surface area contributed by atoms with Gasteiger partial charge in [-0.2, -0.15) is 0 Å². The molecule has 0 aliphatic carbocycles. The Kier molecular flexibility index (Phi) is 5.77. The molecule has 2 heterocycles. The van der Waals surface area contributed by atoms with E-state index in [0.29, 0.717) is 12.6 Å². The van der Waals surface area contributed by atoms with Gasteiger partial charge in [0.05, 0.1) is 13.2 Å². The Balaban J connectivity index is 1.66. The SMILES string of the molecule is CC(=O)N1CCC(N2CCO[C@@](CO)(Cc3ccccc3C)C2)CC1. The molecule has 0 unspecified atom stereocenters. The molecule has 2 saturated heterocycles. The van der Waals surface area contributed by atoms with Crippen LogP contribution in [-0.2, 0) is 16.0 Å². The van der Waals surface area contributed by atoms with Gasteiger partial charge in [0.15, 0.2) is 0 Å². The van der Waals surface area contributed by atoms with Gasteiger partial charge in [-0.15, -0.1) is 0 Å². The van der Waals surface area contributed by atoms with E-state index in [0.717, 1.165) is 45.4 Å². The van der Waals surface area contributed by atoms with Crippen molar-refractivity contribution in [1.29, 1.82) is 0 Å². The predicted molar refractivity (Wildman–Crippen MR) is 97.5 cm³/mol. The maximum Gasteiger partial charge on any atom is 0.219 e. The highest BCUT2D eigenvalue weighted by Crippen LogP contribution is 2.28. The number of aliphatic hydroxyl groups is 1. The molecule has 25 heavy (non-hydrogen) atoms. The second-order valence-electron chi connectivity index (χ2n) is 7.50. The highest BCUT2D eigenvalue weighted by molar-refractivity contribution is 5.73. The minimum absolute atomic E-state index is 0.0319. The quantitative estimate of drug-likeness (QED) is 0.900. The lowest BCUT2D eigenvalue weighted by Gasteiger charge is -2.47. The molecule has 2 aliphatic rings. The molecular formula is C20H30N2O3. The van der Waals surface area contributed by atoms with Gasteiger partial charge in [-0.05, 0) is 30.9 Å². The van der Waals surface area contributed by atoms with Crippen LogP contribution in [0.25, 0.3) is 0 Å². The minimum Gasteiger partial charge on any atom is -0.393 e. The molecule has 0 aromatic heterocycles. The average molecular weight is 346 g/mol. The van der Waals surface area contributed by atoms with E-state index in [2.05, 4.69) is 24.0 Å². The van der Waals surface area contributed by atoms with Crippen molar-refractivity contribution in [2.24, 2.45) is 0 Å². The summed E-state index contributed by atoms with van der Waals surface area (Å²) < 4.78 is 6.10. The molecule has 2 aliphatic heterocycles. The standard InChI is InChI=1S/C20H30N2O3/c1-16-5-3-4-6-18(16)13-20(15-23)14-22(11-12-25-20)19-7-9-21(10-8-19)17(2)24/h3-6,19,23H,7-15H2,1-2H3/t20-/m0/s1. The number of hydrogen-bond acceptors (Lipinski definition) is 4. The third kappa shape index (κ3) is 4.22. The number of carbonyl (C=O) groups is 1. The summed E-state index contributed by atoms with van der Waals surface area (Å²) in [6.07, 6.45) is 2.75. The van der Waals surface area contributed by atoms with Crippen molar-refractivity contribution in [3.63, 3.8) is 0 Å². The zero-order valence-electron chi connectivity index (χ0n) is 15.4. The number of hydrogen-bond donors (Lipinski definition) is 1. The number of rotatable bonds is 4. The van der Waals surface area contributed by atoms with E-state index in [4.69, 9.17) is 4.74 Å². The van der Waals surface area contributed by atoms with Crippen molar-refractivity contribution in [2.75, 3.05) is 39.4 Å². The van der Waals surface area contributed by atoms with Crippen LogP contribution in [0.4, 0.5) is 0 Å². The molecule has 0 radical (unpaired) electrons. The summed E-state index contributed by atoms with van der Waals surface area (Å²) in [7, 11) is 0. The fourth-order valence-corrected chi connectivity index (χ4v) is 4.15. The largest absolute Gasteiger partial charge is 0.393 e. The minimum atomic E-state index is -0.526. The van der Waals surface area contributed by atoms with Gasteiger partial charge < -0.3 is 14.7 Å². The lowest BCUT2D eigenvalue weighted by Crippen LogP contribution is -2.59. The highest BCUT2D eigenvalue weighted by Gasteiger charge is 2.39. The number of likely N-dealkylation sites (tertiary alicyclic amines) is 1. The summed E-state index contributed by atoms with van der Waals surface area (Å²) in [5.74, 6) is 0.171. The van der Waals surface area contributed by atoms with Gasteiger partial charge in [-0.1, -0.05) is 24.3 Å². The highest BCUT2D eigenvalue weighted by atomic mass is 16.5. The van der Waals surface area contributed by atoms with E-state index in [1.54, 1.807) is 6.92 Å². The van der Waals surface area contributed by atoms with Gasteiger partial charge in [0.25, 0.3) is 0 Å². The van der Waals surface area contributed by atoms with Gasteiger partial charge in [-0.3, -0.25) is 9.69 Å². The summed E-state index contributed by atoms with van der Waals surface area (Å²) in [6.45, 7) is 7.77. The first-order valence-corrected chi connectivity index (χ1v) is 9.32. The third-order valence-corrected chi connectivity index (χ3v) is 5.77. The molecule has 0 bridgehead atoms. The second kappa shape index (κ2) is 7.85. The number of aliphatic hydroxyl groups excluding tert-OH is 1. The Bertz CT molecular complexity index is 598. The van der Waals surface area contributed by atoms with Crippen LogP contribution in [0, 0.1) is 6.92 Å². The van der Waals surface area contributed by atoms with Crippen LogP contribution in [0.5, 0.6) is 0 Å². The Labute approximate surface area is 150 Å². The monoisotopic (exact) mass is 346 g/mol. The Morgan fingerprint density at radius 1 is 1.28 bits per heavy atom. The molecule has 138 valence electrons. The van der Waals surface area contributed by atoms with Crippen LogP contribution in [-0.4, -0.2) is 71.8 Å². The molecular weight excluding hydrogens is 316 g/mol. The maximum atomic E-state index is 11.5. The number of ether oxygens (including phenoxy) is 1. The van der Waals surface area contributed by atoms with Gasteiger partial charge in [0.1, 0.15) is 5.60 Å². The molecule has 3 rings (SSSR count). The van der Waals surface area contributed by atoms with E-state index in [1.165, 1.54) is 11.1 Å². The van der Waals surface area contributed by atoms with Crippen LogP contribution in [0.15, 0.2) is 24.3 Å². The molecule has 0 saturated carbocycles. The lowest BCUT2D eigenvalue weighted by molar-refractivity contribution is -0.146. The van der Waals surface area contributed by atoms with Crippen molar-refractivity contribution in [3.05, 3.63) is 35.4 Å². The fourth-order valence-electron chi connectivity index (χ4n) is 4.15. The van der Waals surface area contributed by atoms with E-state index in [9.17, 15) is 9.90 Å². The van der Waals surface area contributed by atoms with Gasteiger partial charge in [0.2, 0.25) is 5.91 Å². The summed E-state index contributed by atoms with van der Waals surface area (Å²) in [5, 5.41) is 10.1. The van der Waals surface area contributed by atoms with E-state index >= 15 is 0 Å².